The van der Waals surface area contributed by atoms with Crippen LogP contribution in [0.5, 0.6) is 0 Å². The van der Waals surface area contributed by atoms with Crippen LogP contribution in [0, 0.1) is 11.6 Å². The van der Waals surface area contributed by atoms with Gasteiger partial charge in [0, 0.05) is 5.56 Å². The van der Waals surface area contributed by atoms with E-state index in [2.05, 4.69) is 20.6 Å². The topological polar surface area (TPSA) is 156 Å². The third-order valence-electron chi connectivity index (χ3n) is 4.38. The first kappa shape index (κ1) is 25.4. The molecule has 182 valence electrons. The summed E-state index contributed by atoms with van der Waals surface area (Å²) >= 11 is 0.849. The number of carbonyl (C=O) groups excluding carboxylic acids is 3. The van der Waals surface area contributed by atoms with Crippen LogP contribution in [0.4, 0.5) is 26.0 Å². The van der Waals surface area contributed by atoms with Crippen molar-refractivity contribution in [2.24, 2.45) is 0 Å². The maximum absolute atomic E-state index is 13.4. The second kappa shape index (κ2) is 11.2. The number of nitrogen functional groups attached to an aromatic ring is 1. The number of nitrogens with zero attached hydrogens (tertiary/aromatic N) is 1. The van der Waals surface area contributed by atoms with Gasteiger partial charge in [0.15, 0.2) is 22.6 Å². The molecular formula is C22H19F2N5O5S. The Kier molecular flexibility index (Phi) is 8.15. The summed E-state index contributed by atoms with van der Waals surface area (Å²) in [5, 5.41) is 4.78. The van der Waals surface area contributed by atoms with E-state index >= 15 is 0 Å². The Bertz CT molecular complexity index is 1350. The maximum atomic E-state index is 13.4. The van der Waals surface area contributed by atoms with E-state index in [0.717, 1.165) is 23.9 Å². The number of amides is 2. The van der Waals surface area contributed by atoms with Crippen molar-refractivity contribution in [1.29, 1.82) is 0 Å². The standard InChI is InChI=1S/C22H19F2N5O5S/c1-2-34-21(33)12-5-3-4-6-15(12)26-16(30)10-35-22-28-18(25)17(20(32)29-22)27-19(31)11-7-8-13(23)14(24)9-11/h3-9H,2,10H2,1H3,(H,26,30)(H,27,31)(H3,25,28,29,32). The van der Waals surface area contributed by atoms with Crippen molar-refractivity contribution in [1.82, 2.24) is 9.97 Å². The van der Waals surface area contributed by atoms with Gasteiger partial charge in [-0.3, -0.25) is 19.4 Å². The number of thioether (sulfide) groups is 1. The summed E-state index contributed by atoms with van der Waals surface area (Å²) in [6, 6.07) is 8.79. The quantitative estimate of drug-likeness (QED) is 0.208. The van der Waals surface area contributed by atoms with Crippen LogP contribution in [0.25, 0.3) is 0 Å². The molecular weight excluding hydrogens is 484 g/mol. The van der Waals surface area contributed by atoms with Gasteiger partial charge in [0.2, 0.25) is 5.91 Å². The first-order valence-electron chi connectivity index (χ1n) is 10.0. The van der Waals surface area contributed by atoms with Crippen LogP contribution in [-0.2, 0) is 9.53 Å². The van der Waals surface area contributed by atoms with Gasteiger partial charge in [0.25, 0.3) is 11.5 Å². The zero-order valence-corrected chi connectivity index (χ0v) is 19.0. The molecule has 0 aliphatic heterocycles. The van der Waals surface area contributed by atoms with Gasteiger partial charge >= 0.3 is 5.97 Å². The van der Waals surface area contributed by atoms with Crippen LogP contribution in [0.3, 0.4) is 0 Å². The van der Waals surface area contributed by atoms with Crippen LogP contribution < -0.4 is 21.9 Å². The Labute approximate surface area is 201 Å². The Morgan fingerprint density at radius 2 is 1.86 bits per heavy atom. The summed E-state index contributed by atoms with van der Waals surface area (Å²) < 4.78 is 31.4. The van der Waals surface area contributed by atoms with E-state index in [4.69, 9.17) is 10.5 Å². The van der Waals surface area contributed by atoms with Gasteiger partial charge in [-0.1, -0.05) is 23.9 Å². The van der Waals surface area contributed by atoms with Crippen LogP contribution >= 0.6 is 11.8 Å². The van der Waals surface area contributed by atoms with Crippen LogP contribution in [0.15, 0.2) is 52.4 Å². The fourth-order valence-corrected chi connectivity index (χ4v) is 3.45. The van der Waals surface area contributed by atoms with E-state index in [1.807, 2.05) is 0 Å². The highest BCUT2D eigenvalue weighted by Crippen LogP contribution is 2.20. The van der Waals surface area contributed by atoms with Gasteiger partial charge in [-0.05, 0) is 37.3 Å². The van der Waals surface area contributed by atoms with Crippen molar-refractivity contribution < 1.29 is 27.9 Å². The average Bonchev–Trinajstić information content (AvgIpc) is 2.82. The zero-order chi connectivity index (χ0) is 25.5. The predicted molar refractivity (Wildman–Crippen MR) is 125 cm³/mol. The summed E-state index contributed by atoms with van der Waals surface area (Å²) in [6.07, 6.45) is 0. The summed E-state index contributed by atoms with van der Waals surface area (Å²) in [4.78, 5) is 55.3. The molecule has 10 nitrogen and oxygen atoms in total. The average molecular weight is 503 g/mol. The fourth-order valence-electron chi connectivity index (χ4n) is 2.78. The number of carbonyl (C=O) groups is 3. The van der Waals surface area contributed by atoms with E-state index in [0.29, 0.717) is 6.07 Å². The molecule has 0 saturated heterocycles. The van der Waals surface area contributed by atoms with Crippen molar-refractivity contribution in [2.45, 2.75) is 12.1 Å². The number of aromatic nitrogens is 2. The molecule has 13 heteroatoms. The highest BCUT2D eigenvalue weighted by Gasteiger charge is 2.17. The van der Waals surface area contributed by atoms with Crippen molar-refractivity contribution in [2.75, 3.05) is 28.7 Å². The number of ether oxygens (including phenoxy) is 1. The number of esters is 1. The molecule has 2 aromatic carbocycles. The highest BCUT2D eigenvalue weighted by molar-refractivity contribution is 7.99. The lowest BCUT2D eigenvalue weighted by atomic mass is 10.2. The molecule has 0 atom stereocenters. The van der Waals surface area contributed by atoms with Gasteiger partial charge < -0.3 is 21.1 Å². The lowest BCUT2D eigenvalue weighted by molar-refractivity contribution is -0.113. The number of anilines is 3. The SMILES string of the molecule is CCOC(=O)c1ccccc1NC(=O)CSc1nc(N)c(NC(=O)c2ccc(F)c(F)c2)c(=O)[nH]1. The number of benzene rings is 2. The third kappa shape index (κ3) is 6.41. The lowest BCUT2D eigenvalue weighted by Gasteiger charge is -2.11. The Morgan fingerprint density at radius 3 is 2.54 bits per heavy atom. The molecule has 2 amide bonds. The molecule has 0 radical (unpaired) electrons. The number of para-hydroxylation sites is 1. The number of H-pyrrole nitrogens is 1. The lowest BCUT2D eigenvalue weighted by Crippen LogP contribution is -2.23. The second-order valence-corrected chi connectivity index (χ2v) is 7.78. The Morgan fingerprint density at radius 1 is 1.11 bits per heavy atom. The highest BCUT2D eigenvalue weighted by atomic mass is 32.2. The van der Waals surface area contributed by atoms with Crippen molar-refractivity contribution in [3.05, 3.63) is 75.6 Å². The van der Waals surface area contributed by atoms with E-state index in [1.54, 1.807) is 19.1 Å². The third-order valence-corrected chi connectivity index (χ3v) is 5.26. The van der Waals surface area contributed by atoms with Crippen LogP contribution in [0.2, 0.25) is 0 Å². The maximum Gasteiger partial charge on any atom is 0.340 e. The first-order valence-corrected chi connectivity index (χ1v) is 11.0. The summed E-state index contributed by atoms with van der Waals surface area (Å²) in [6.45, 7) is 1.84. The molecule has 0 aliphatic carbocycles. The minimum Gasteiger partial charge on any atom is -0.462 e. The number of nitrogens with one attached hydrogen (secondary N) is 3. The first-order chi connectivity index (χ1) is 16.7. The minimum absolute atomic E-state index is 0.00727. The van der Waals surface area contributed by atoms with Gasteiger partial charge in [-0.25, -0.2) is 18.6 Å². The Balaban J connectivity index is 1.66. The van der Waals surface area contributed by atoms with Gasteiger partial charge in [0.1, 0.15) is 5.69 Å². The molecule has 3 aromatic rings. The normalized spacial score (nSPS) is 10.5. The zero-order valence-electron chi connectivity index (χ0n) is 18.2. The summed E-state index contributed by atoms with van der Waals surface area (Å²) in [5.74, 6) is -4.88. The molecule has 35 heavy (non-hydrogen) atoms. The Hall–Kier alpha value is -4.26. The number of rotatable bonds is 8. The van der Waals surface area contributed by atoms with E-state index in [1.165, 1.54) is 12.1 Å². The second-order valence-electron chi connectivity index (χ2n) is 6.82. The predicted octanol–water partition coefficient (Wildman–Crippen LogP) is 2.79. The van der Waals surface area contributed by atoms with Gasteiger partial charge in [-0.2, -0.15) is 0 Å². The fraction of sp³-hybridized carbons (Fsp3) is 0.136. The number of nitrogens with two attached hydrogens (primary N) is 1. The number of halogens is 2. The van der Waals surface area contributed by atoms with Gasteiger partial charge in [0.05, 0.1) is 23.6 Å². The number of hydrogen-bond acceptors (Lipinski definition) is 8. The molecule has 1 aromatic heterocycles. The molecule has 3 rings (SSSR count). The molecule has 1 heterocycles. The largest absolute Gasteiger partial charge is 0.462 e. The van der Waals surface area contributed by atoms with Crippen molar-refractivity contribution in [3.8, 4) is 0 Å². The monoisotopic (exact) mass is 503 g/mol. The van der Waals surface area contributed by atoms with Crippen molar-refractivity contribution >= 4 is 46.7 Å². The molecule has 0 bridgehead atoms. The summed E-state index contributed by atoms with van der Waals surface area (Å²) in [5.41, 5.74) is 4.77. The number of aromatic amines is 1. The molecule has 0 aliphatic rings. The van der Waals surface area contributed by atoms with E-state index in [9.17, 15) is 28.0 Å². The van der Waals surface area contributed by atoms with E-state index in [-0.39, 0.29) is 40.1 Å². The number of hydrogen-bond donors (Lipinski definition) is 4. The van der Waals surface area contributed by atoms with Crippen LogP contribution in [0.1, 0.15) is 27.6 Å². The van der Waals surface area contributed by atoms with Crippen LogP contribution in [-0.4, -0.2) is 40.1 Å². The molecule has 0 unspecified atom stereocenters. The molecule has 0 spiro atoms. The minimum atomic E-state index is -1.23. The molecule has 0 fully saturated rings. The molecule has 5 N–H and O–H groups in total. The smallest absolute Gasteiger partial charge is 0.340 e. The van der Waals surface area contributed by atoms with E-state index < -0.39 is 40.7 Å². The van der Waals surface area contributed by atoms with Gasteiger partial charge in [-0.15, -0.1) is 0 Å². The molecule has 0 saturated carbocycles. The summed E-state index contributed by atoms with van der Waals surface area (Å²) in [7, 11) is 0. The van der Waals surface area contributed by atoms with Crippen molar-refractivity contribution in [3.63, 3.8) is 0 Å².